The number of thioether (sulfide) groups is 1. The van der Waals surface area contributed by atoms with Gasteiger partial charge in [-0.2, -0.15) is 0 Å². The van der Waals surface area contributed by atoms with Crippen LogP contribution in [0, 0.1) is 19.7 Å². The fourth-order valence-electron chi connectivity index (χ4n) is 5.01. The number of thiazole rings is 1. The molecule has 1 amide bonds. The molecule has 1 atom stereocenters. The third-order valence-electron chi connectivity index (χ3n) is 7.23. The summed E-state index contributed by atoms with van der Waals surface area (Å²) in [7, 11) is 1.52. The van der Waals surface area contributed by atoms with Crippen molar-refractivity contribution in [3.8, 4) is 11.5 Å². The van der Waals surface area contributed by atoms with E-state index in [2.05, 4.69) is 22.1 Å². The zero-order valence-electron chi connectivity index (χ0n) is 25.3. The van der Waals surface area contributed by atoms with E-state index >= 15 is 0 Å². The third-order valence-corrected chi connectivity index (χ3v) is 10.4. The van der Waals surface area contributed by atoms with Gasteiger partial charge in [-0.25, -0.2) is 9.37 Å². The molecule has 13 heteroatoms. The van der Waals surface area contributed by atoms with Crippen LogP contribution in [0.5, 0.6) is 11.5 Å². The van der Waals surface area contributed by atoms with Gasteiger partial charge in [0.15, 0.2) is 21.6 Å². The monoisotopic (exact) mass is 668 g/mol. The first-order valence-electron chi connectivity index (χ1n) is 14.5. The van der Waals surface area contributed by atoms with Crippen LogP contribution in [-0.2, 0) is 10.5 Å². The van der Waals surface area contributed by atoms with Crippen molar-refractivity contribution in [3.63, 3.8) is 0 Å². The number of amides is 1. The molecule has 0 fully saturated rings. The van der Waals surface area contributed by atoms with Gasteiger partial charge in [-0.3, -0.25) is 14.5 Å². The summed E-state index contributed by atoms with van der Waals surface area (Å²) < 4.78 is 26.3. The van der Waals surface area contributed by atoms with Gasteiger partial charge in [-0.15, -0.1) is 21.5 Å². The number of carbonyl (C=O) groups is 2. The molecule has 45 heavy (non-hydrogen) atoms. The molecule has 1 unspecified atom stereocenters. The number of benzene rings is 2. The number of hydrogen-bond donors (Lipinski definition) is 1. The van der Waals surface area contributed by atoms with Crippen LogP contribution in [-0.4, -0.2) is 45.7 Å². The number of aliphatic hydroxyl groups excluding tert-OH is 1. The quantitative estimate of drug-likeness (QED) is 0.0622. The molecule has 1 aliphatic heterocycles. The molecule has 0 aliphatic carbocycles. The Balaban J connectivity index is 1.50. The van der Waals surface area contributed by atoms with Crippen molar-refractivity contribution in [3.05, 3.63) is 86.3 Å². The molecule has 0 saturated carbocycles. The molecule has 4 aromatic rings. The first kappa shape index (κ1) is 32.6. The average molecular weight is 669 g/mol. The van der Waals surface area contributed by atoms with Crippen LogP contribution in [0.2, 0.25) is 0 Å². The Hall–Kier alpha value is -3.81. The number of rotatable bonds is 14. The molecule has 2 aromatic heterocycles. The van der Waals surface area contributed by atoms with E-state index in [1.807, 2.05) is 0 Å². The van der Waals surface area contributed by atoms with Crippen LogP contribution in [0.1, 0.15) is 70.1 Å². The van der Waals surface area contributed by atoms with Crippen LogP contribution in [0.25, 0.3) is 0 Å². The summed E-state index contributed by atoms with van der Waals surface area (Å²) in [6, 6.07) is 10.6. The average Bonchev–Trinajstić information content (AvgIpc) is 3.71. The Kier molecular flexibility index (Phi) is 10.5. The lowest BCUT2D eigenvalue weighted by Gasteiger charge is -2.25. The molecule has 236 valence electrons. The normalized spacial score (nSPS) is 14.8. The van der Waals surface area contributed by atoms with Gasteiger partial charge in [-0.05, 0) is 49.6 Å². The van der Waals surface area contributed by atoms with Gasteiger partial charge in [0.25, 0.3) is 5.91 Å². The topological polar surface area (TPSA) is 115 Å². The highest BCUT2D eigenvalue weighted by atomic mass is 32.2. The number of methoxy groups -OCH3 is 1. The third kappa shape index (κ3) is 7.05. The van der Waals surface area contributed by atoms with Crippen molar-refractivity contribution in [2.75, 3.05) is 18.6 Å². The summed E-state index contributed by atoms with van der Waals surface area (Å²) in [5.41, 5.74) is 1.45. The predicted octanol–water partition coefficient (Wildman–Crippen LogP) is 7.79. The maximum atomic E-state index is 14.2. The number of aliphatic hydroxyl groups is 1. The minimum atomic E-state index is -1.03. The number of aryl methyl sites for hydroxylation is 2. The first-order valence-corrected chi connectivity index (χ1v) is 17.1. The van der Waals surface area contributed by atoms with Gasteiger partial charge >= 0.3 is 0 Å². The Morgan fingerprint density at radius 1 is 1.09 bits per heavy atom. The van der Waals surface area contributed by atoms with Gasteiger partial charge < -0.3 is 14.6 Å². The van der Waals surface area contributed by atoms with E-state index in [0.717, 1.165) is 37.0 Å². The number of halogens is 1. The second-order valence-corrected chi connectivity index (χ2v) is 13.7. The summed E-state index contributed by atoms with van der Waals surface area (Å²) >= 11 is 3.59. The fourth-order valence-corrected chi connectivity index (χ4v) is 7.74. The zero-order valence-corrected chi connectivity index (χ0v) is 27.8. The molecule has 1 N–H and O–H groups in total. The van der Waals surface area contributed by atoms with E-state index in [1.165, 1.54) is 41.2 Å². The molecule has 1 aliphatic rings. The summed E-state index contributed by atoms with van der Waals surface area (Å²) in [5.74, 6) is -0.987. The van der Waals surface area contributed by atoms with Crippen LogP contribution >= 0.6 is 34.4 Å². The van der Waals surface area contributed by atoms with Crippen LogP contribution in [0.15, 0.2) is 58.1 Å². The standard InChI is InChI=1S/C32H33FN4O5S3/c1-5-6-7-10-15-42-23-14-13-20(16-24(23)41-4)26-25(27(38)29-18(2)34-19(3)44-29)28(39)30(40)37(26)31-35-36-32(45-31)43-17-21-11-8-9-12-22(21)33/h8-9,11-14,16,26,39H,5-7,10,15,17H2,1-4H3. The van der Waals surface area contributed by atoms with Crippen LogP contribution in [0.3, 0.4) is 0 Å². The number of nitrogens with zero attached hydrogens (tertiary/aromatic N) is 4. The van der Waals surface area contributed by atoms with Gasteiger partial charge in [0.2, 0.25) is 10.9 Å². The number of unbranched alkanes of at least 4 members (excludes halogenated alkanes) is 3. The number of hydrogen-bond acceptors (Lipinski definition) is 11. The van der Waals surface area contributed by atoms with Gasteiger partial charge in [0.1, 0.15) is 5.82 Å². The fraction of sp³-hybridized carbons (Fsp3) is 0.344. The Morgan fingerprint density at radius 2 is 1.89 bits per heavy atom. The Morgan fingerprint density at radius 3 is 2.60 bits per heavy atom. The second kappa shape index (κ2) is 14.5. The number of aromatic nitrogens is 3. The highest BCUT2D eigenvalue weighted by Gasteiger charge is 2.47. The van der Waals surface area contributed by atoms with Crippen molar-refractivity contribution in [2.24, 2.45) is 0 Å². The molecule has 3 heterocycles. The smallest absolute Gasteiger partial charge is 0.296 e. The molecule has 0 bridgehead atoms. The summed E-state index contributed by atoms with van der Waals surface area (Å²) in [5, 5.41) is 20.6. The molecule has 2 aromatic carbocycles. The minimum Gasteiger partial charge on any atom is -0.503 e. The molecule has 9 nitrogen and oxygen atoms in total. The summed E-state index contributed by atoms with van der Waals surface area (Å²) in [6.45, 7) is 6.18. The number of ketones is 1. The molecule has 0 saturated heterocycles. The van der Waals surface area contributed by atoms with Gasteiger partial charge in [-0.1, -0.05) is 73.6 Å². The summed E-state index contributed by atoms with van der Waals surface area (Å²) in [4.78, 5) is 33.7. The van der Waals surface area contributed by atoms with Crippen LogP contribution < -0.4 is 14.4 Å². The Labute approximate surface area is 273 Å². The Bertz CT molecular complexity index is 1740. The van der Waals surface area contributed by atoms with E-state index in [4.69, 9.17) is 9.47 Å². The first-order chi connectivity index (χ1) is 21.7. The van der Waals surface area contributed by atoms with E-state index in [1.54, 1.807) is 50.2 Å². The lowest BCUT2D eigenvalue weighted by Crippen LogP contribution is -2.31. The van der Waals surface area contributed by atoms with Crippen LogP contribution in [0.4, 0.5) is 9.52 Å². The molecule has 0 spiro atoms. The molecule has 0 radical (unpaired) electrons. The second-order valence-electron chi connectivity index (χ2n) is 10.4. The van der Waals surface area contributed by atoms with E-state index in [0.29, 0.717) is 54.9 Å². The highest BCUT2D eigenvalue weighted by molar-refractivity contribution is 8.00. The largest absolute Gasteiger partial charge is 0.503 e. The van der Waals surface area contributed by atoms with Crippen molar-refractivity contribution in [1.82, 2.24) is 15.2 Å². The number of ether oxygens (including phenoxy) is 2. The van der Waals surface area contributed by atoms with Crippen molar-refractivity contribution in [1.29, 1.82) is 0 Å². The molecular formula is C32H33FN4O5S3. The van der Waals surface area contributed by atoms with E-state index in [-0.39, 0.29) is 16.5 Å². The van der Waals surface area contributed by atoms with E-state index < -0.39 is 23.5 Å². The minimum absolute atomic E-state index is 0.0854. The van der Waals surface area contributed by atoms with E-state index in [9.17, 15) is 19.1 Å². The summed E-state index contributed by atoms with van der Waals surface area (Å²) in [6.07, 6.45) is 4.22. The lowest BCUT2D eigenvalue weighted by molar-refractivity contribution is -0.117. The SMILES string of the molecule is CCCCCCOc1ccc(C2C(C(=O)c3sc(C)nc3C)=C(O)C(=O)N2c2nnc(SCc3ccccc3F)s2)cc1OC. The maximum Gasteiger partial charge on any atom is 0.296 e. The molecular weight excluding hydrogens is 636 g/mol. The predicted molar refractivity (Wildman–Crippen MR) is 174 cm³/mol. The number of carbonyl (C=O) groups excluding carboxylic acids is 2. The van der Waals surface area contributed by atoms with Gasteiger partial charge in [0.05, 0.1) is 40.9 Å². The molecule has 5 rings (SSSR count). The van der Waals surface area contributed by atoms with Crippen molar-refractivity contribution in [2.45, 2.75) is 62.6 Å². The maximum absolute atomic E-state index is 14.2. The number of Topliss-reactive ketones (excluding diaryl/α,β-unsaturated/α-hetero) is 1. The van der Waals surface area contributed by atoms with Crippen molar-refractivity contribution < 1.29 is 28.6 Å². The lowest BCUT2D eigenvalue weighted by atomic mass is 9.95. The van der Waals surface area contributed by atoms with Gasteiger partial charge in [0, 0.05) is 5.75 Å². The van der Waals surface area contributed by atoms with Crippen molar-refractivity contribution >= 4 is 51.3 Å². The highest BCUT2D eigenvalue weighted by Crippen LogP contribution is 2.46. The zero-order chi connectivity index (χ0) is 32.1. The number of anilines is 1.